The first-order chi connectivity index (χ1) is 34.2. The fourth-order valence-electron chi connectivity index (χ4n) is 17.4. The molecule has 0 aromatic rings. The third-order valence-electron chi connectivity index (χ3n) is 21.9. The number of rotatable bonds is 10. The van der Waals surface area contributed by atoms with Crippen LogP contribution in [0.25, 0.3) is 0 Å². The third kappa shape index (κ3) is 8.41. The van der Waals surface area contributed by atoms with Crippen molar-refractivity contribution < 1.29 is 104 Å². The van der Waals surface area contributed by atoms with E-state index in [0.717, 1.165) is 57.8 Å². The molecule has 2 bridgehead atoms. The average molecular weight is 1050 g/mol. The quantitative estimate of drug-likeness (QED) is 0.116. The van der Waals surface area contributed by atoms with E-state index in [1.54, 1.807) is 0 Å². The molecule has 5 saturated heterocycles. The largest absolute Gasteiger partial charge is 0.394 e. The van der Waals surface area contributed by atoms with Gasteiger partial charge in [0.1, 0.15) is 85.5 Å². The fraction of sp³-hybridized carbons (Fsp3) is 1.00. The van der Waals surface area contributed by atoms with Crippen molar-refractivity contribution in [2.24, 2.45) is 50.2 Å². The maximum Gasteiger partial charge on any atom is 0.187 e. The molecule has 73 heavy (non-hydrogen) atoms. The van der Waals surface area contributed by atoms with E-state index in [1.165, 1.54) is 0 Å². The number of hydrogen-bond donors (Lipinski definition) is 12. The maximum absolute atomic E-state index is 12.4. The molecule has 10 fully saturated rings. The van der Waals surface area contributed by atoms with E-state index in [4.69, 9.17) is 42.6 Å². The van der Waals surface area contributed by atoms with Crippen LogP contribution in [0.2, 0.25) is 0 Å². The van der Waals surface area contributed by atoms with Crippen molar-refractivity contribution >= 4 is 0 Å². The van der Waals surface area contributed by atoms with E-state index in [9.17, 15) is 61.3 Å². The molecule has 28 atom stereocenters. The second kappa shape index (κ2) is 19.5. The zero-order valence-corrected chi connectivity index (χ0v) is 43.4. The van der Waals surface area contributed by atoms with Crippen LogP contribution in [0, 0.1) is 50.2 Å². The zero-order chi connectivity index (χ0) is 52.7. The van der Waals surface area contributed by atoms with Gasteiger partial charge in [0.25, 0.3) is 0 Å². The van der Waals surface area contributed by atoms with Crippen molar-refractivity contribution in [3.63, 3.8) is 0 Å². The van der Waals surface area contributed by atoms with Gasteiger partial charge >= 0.3 is 0 Å². The number of aliphatic hydroxyl groups excluding tert-OH is 12. The summed E-state index contributed by atoms with van der Waals surface area (Å²) in [6.07, 6.45) is -21.4. The molecular formula is C52H86O21. The lowest BCUT2D eigenvalue weighted by Crippen LogP contribution is -2.74. The lowest BCUT2D eigenvalue weighted by Gasteiger charge is -2.75. The molecule has 21 heteroatoms. The highest BCUT2D eigenvalue weighted by Crippen LogP contribution is 2.80. The van der Waals surface area contributed by atoms with Crippen LogP contribution in [0.5, 0.6) is 0 Å². The number of fused-ring (bicyclic) bond motifs is 4. The van der Waals surface area contributed by atoms with Gasteiger partial charge in [-0.05, 0) is 104 Å². The molecule has 0 aromatic heterocycles. The van der Waals surface area contributed by atoms with Gasteiger partial charge in [-0.25, -0.2) is 0 Å². The van der Waals surface area contributed by atoms with Gasteiger partial charge in [-0.1, -0.05) is 48.5 Å². The van der Waals surface area contributed by atoms with Crippen molar-refractivity contribution in [1.29, 1.82) is 0 Å². The Bertz CT molecular complexity index is 1960. The molecule has 5 heterocycles. The summed E-state index contributed by atoms with van der Waals surface area (Å²) in [6.45, 7) is 14.8. The summed E-state index contributed by atoms with van der Waals surface area (Å²) in [5.41, 5.74) is -1.30. The predicted octanol–water partition coefficient (Wildman–Crippen LogP) is -1.07. The van der Waals surface area contributed by atoms with Gasteiger partial charge in [0, 0.05) is 10.8 Å². The van der Waals surface area contributed by atoms with Gasteiger partial charge in [0.05, 0.1) is 50.8 Å². The minimum Gasteiger partial charge on any atom is -0.394 e. The fourth-order valence-corrected chi connectivity index (χ4v) is 17.4. The van der Waals surface area contributed by atoms with E-state index >= 15 is 0 Å². The smallest absolute Gasteiger partial charge is 0.187 e. The first-order valence-corrected chi connectivity index (χ1v) is 27.1. The summed E-state index contributed by atoms with van der Waals surface area (Å²) in [5.74, 6) is 0.799. The van der Waals surface area contributed by atoms with Gasteiger partial charge in [0.2, 0.25) is 0 Å². The molecule has 420 valence electrons. The molecule has 1 spiro atoms. The van der Waals surface area contributed by atoms with Crippen LogP contribution in [0.3, 0.4) is 0 Å². The first kappa shape index (κ1) is 55.5. The van der Waals surface area contributed by atoms with Gasteiger partial charge in [-0.3, -0.25) is 0 Å². The van der Waals surface area contributed by atoms with E-state index in [0.29, 0.717) is 24.9 Å². The van der Waals surface area contributed by atoms with Gasteiger partial charge < -0.3 is 104 Å². The van der Waals surface area contributed by atoms with Crippen molar-refractivity contribution in [3.8, 4) is 0 Å². The number of aliphatic hydroxyl groups is 12. The molecule has 10 rings (SSSR count). The second-order valence-electron chi connectivity index (χ2n) is 26.2. The van der Waals surface area contributed by atoms with E-state index < -0.39 is 155 Å². The van der Waals surface area contributed by atoms with Crippen LogP contribution in [0.4, 0.5) is 0 Å². The summed E-state index contributed by atoms with van der Waals surface area (Å²) in [6, 6.07) is 0. The van der Waals surface area contributed by atoms with Crippen molar-refractivity contribution in [2.45, 2.75) is 241 Å². The Hall–Kier alpha value is -0.840. The summed E-state index contributed by atoms with van der Waals surface area (Å²) in [7, 11) is 0. The van der Waals surface area contributed by atoms with E-state index in [1.807, 2.05) is 0 Å². The Labute approximate surface area is 427 Å². The minimum absolute atomic E-state index is 0.122. The Morgan fingerprint density at radius 3 is 1.82 bits per heavy atom. The molecule has 0 aromatic carbocycles. The summed E-state index contributed by atoms with van der Waals surface area (Å²) in [5, 5.41) is 131. The van der Waals surface area contributed by atoms with Crippen LogP contribution < -0.4 is 0 Å². The van der Waals surface area contributed by atoms with Gasteiger partial charge in [-0.15, -0.1) is 0 Å². The minimum atomic E-state index is -1.87. The zero-order valence-electron chi connectivity index (χ0n) is 43.4. The molecule has 0 unspecified atom stereocenters. The Balaban J connectivity index is 0.900. The van der Waals surface area contributed by atoms with Crippen LogP contribution in [0.15, 0.2) is 0 Å². The van der Waals surface area contributed by atoms with Crippen molar-refractivity contribution in [2.75, 3.05) is 33.0 Å². The van der Waals surface area contributed by atoms with Crippen LogP contribution in [-0.2, 0) is 42.6 Å². The molecule has 21 nitrogen and oxygen atoms in total. The topological polar surface area (TPSA) is 326 Å². The van der Waals surface area contributed by atoms with Crippen LogP contribution >= 0.6 is 0 Å². The SMILES string of the molecule is CC1(C)CC[C@]23CO[C@@]4(CC[C@@H]5[C@@]6(C)CC[C@H](O[C@H]7OC[C@@H](O[C@@H]8O[C@H](CO)[C@@H](O)[C@H](O)[C@H]8O[C@@H]8OC[C@@H](O)[C@H](O)[C@H]8O)[C@@H](O)[C@@H]7O[C@@H]7O[C@H](CO)[C@@H](O)[C@H](O)[C@H]7O)C(C)(C)[C@@H]6CC[C@@]5(C)[C@]4(C)C[C@H]2O)[C@@H]3C1. The first-order valence-electron chi connectivity index (χ1n) is 27.1. The van der Waals surface area contributed by atoms with E-state index in [-0.39, 0.29) is 38.6 Å². The summed E-state index contributed by atoms with van der Waals surface area (Å²) >= 11 is 0. The van der Waals surface area contributed by atoms with Crippen LogP contribution in [0.1, 0.15) is 113 Å². The summed E-state index contributed by atoms with van der Waals surface area (Å²) < 4.78 is 56.0. The lowest BCUT2D eigenvalue weighted by atomic mass is 9.30. The maximum atomic E-state index is 12.4. The molecule has 0 amide bonds. The van der Waals surface area contributed by atoms with Crippen LogP contribution in [-0.4, -0.2) is 223 Å². The third-order valence-corrected chi connectivity index (χ3v) is 21.9. The highest BCUT2D eigenvalue weighted by Gasteiger charge is 2.80. The van der Waals surface area contributed by atoms with Crippen molar-refractivity contribution in [1.82, 2.24) is 0 Å². The molecule has 5 aliphatic carbocycles. The predicted molar refractivity (Wildman–Crippen MR) is 250 cm³/mol. The monoisotopic (exact) mass is 1050 g/mol. The molecule has 5 aliphatic heterocycles. The normalized spacial score (nSPS) is 57.5. The van der Waals surface area contributed by atoms with Gasteiger partial charge in [-0.2, -0.15) is 0 Å². The molecule has 5 saturated carbocycles. The lowest BCUT2D eigenvalue weighted by molar-refractivity contribution is -0.392. The number of ether oxygens (including phenoxy) is 9. The Morgan fingerprint density at radius 2 is 1.12 bits per heavy atom. The highest BCUT2D eigenvalue weighted by atomic mass is 16.8. The average Bonchev–Trinajstić information content (AvgIpc) is 3.62. The summed E-state index contributed by atoms with van der Waals surface area (Å²) in [4.78, 5) is 0. The molecule has 0 radical (unpaired) electrons. The standard InChI is InChI=1S/C52H86O21/c1-46(2)14-15-51-22-67-52(29(51)16-46)13-9-28-48(5)11-10-31(47(3,4)27(48)8-12-49(28,6)50(52,7)17-30(51)56)71-44-40(73-43-39(64)36(61)33(58)24(18-53)68-43)35(60)26(21-66-44)70-45-41(37(62)34(59)25(19-54)69-45)72-42-38(63)32(57)23(55)20-65-42/h23-45,53-64H,8-22H2,1-7H3/t23-,24-,25-,26-,27+,28-,29-,30-,31+,32+,33-,34-,35-,36+,37+,38-,39-,40+,41-,42+,43+,44-,45+,48+,49-,50+,51-,52+/m1/s1. The van der Waals surface area contributed by atoms with Gasteiger partial charge in [0.15, 0.2) is 25.2 Å². The number of hydrogen-bond acceptors (Lipinski definition) is 21. The highest BCUT2D eigenvalue weighted by molar-refractivity contribution is 5.28. The second-order valence-corrected chi connectivity index (χ2v) is 26.2. The van der Waals surface area contributed by atoms with E-state index in [2.05, 4.69) is 48.5 Å². The molecular weight excluding hydrogens is 961 g/mol. The van der Waals surface area contributed by atoms with Crippen molar-refractivity contribution in [3.05, 3.63) is 0 Å². The Morgan fingerprint density at radius 1 is 0.507 bits per heavy atom. The Kier molecular flexibility index (Phi) is 14.8. The molecule has 12 N–H and O–H groups in total. The molecule has 10 aliphatic rings.